The van der Waals surface area contributed by atoms with E-state index in [4.69, 9.17) is 0 Å². The highest BCUT2D eigenvalue weighted by molar-refractivity contribution is 5.86. The van der Waals surface area contributed by atoms with Crippen LogP contribution in [0.5, 0.6) is 0 Å². The third-order valence-corrected chi connectivity index (χ3v) is 5.09. The summed E-state index contributed by atoms with van der Waals surface area (Å²) >= 11 is 0. The predicted molar refractivity (Wildman–Crippen MR) is 107 cm³/mol. The van der Waals surface area contributed by atoms with Gasteiger partial charge in [-0.3, -0.25) is 14.9 Å². The lowest BCUT2D eigenvalue weighted by atomic mass is 9.90. The van der Waals surface area contributed by atoms with Gasteiger partial charge < -0.3 is 15.4 Å². The van der Waals surface area contributed by atoms with Crippen molar-refractivity contribution in [1.29, 1.82) is 0 Å². The Kier molecular flexibility index (Phi) is 6.94. The number of esters is 1. The van der Waals surface area contributed by atoms with Crippen LogP contribution >= 0.6 is 0 Å². The van der Waals surface area contributed by atoms with Crippen LogP contribution in [0.3, 0.4) is 0 Å². The molecule has 1 aliphatic rings. The number of para-hydroxylation sites is 2. The molecular weight excluding hydrogens is 392 g/mol. The van der Waals surface area contributed by atoms with E-state index in [0.29, 0.717) is 5.69 Å². The molecule has 1 fully saturated rings. The van der Waals surface area contributed by atoms with Gasteiger partial charge >= 0.3 is 5.97 Å². The number of anilines is 1. The lowest BCUT2D eigenvalue weighted by molar-refractivity contribution is -0.384. The Hall–Kier alpha value is -3.50. The lowest BCUT2D eigenvalue weighted by Crippen LogP contribution is -2.43. The van der Waals surface area contributed by atoms with Crippen molar-refractivity contribution in [3.8, 4) is 0 Å². The van der Waals surface area contributed by atoms with Gasteiger partial charge in [0.05, 0.1) is 30.3 Å². The van der Waals surface area contributed by atoms with Gasteiger partial charge in [-0.2, -0.15) is 0 Å². The minimum atomic E-state index is -0.557. The predicted octanol–water partition coefficient (Wildman–Crippen LogP) is 2.07. The van der Waals surface area contributed by atoms with Crippen molar-refractivity contribution in [3.05, 3.63) is 46.3 Å². The van der Waals surface area contributed by atoms with Gasteiger partial charge in [-0.15, -0.1) is 5.10 Å². The molecule has 1 heterocycles. The Bertz CT molecular complexity index is 914. The molecule has 160 valence electrons. The molecule has 0 radical (unpaired) electrons. The maximum atomic E-state index is 12.5. The minimum Gasteiger partial charge on any atom is -0.464 e. The largest absolute Gasteiger partial charge is 0.464 e. The minimum absolute atomic E-state index is 0.0298. The van der Waals surface area contributed by atoms with E-state index in [1.807, 2.05) is 0 Å². The number of ether oxygens (including phenoxy) is 1. The lowest BCUT2D eigenvalue weighted by Gasteiger charge is -2.32. The van der Waals surface area contributed by atoms with Crippen LogP contribution in [-0.4, -0.2) is 51.5 Å². The highest BCUT2D eigenvalue weighted by Gasteiger charge is 2.29. The first-order valence-corrected chi connectivity index (χ1v) is 9.76. The fourth-order valence-electron chi connectivity index (χ4n) is 3.61. The second-order valence-electron chi connectivity index (χ2n) is 7.05. The molecule has 3 rings (SSSR count). The molecule has 2 aromatic rings. The molecule has 0 aliphatic heterocycles. The topological polar surface area (TPSA) is 141 Å². The summed E-state index contributed by atoms with van der Waals surface area (Å²) in [5, 5.41) is 24.9. The first-order chi connectivity index (χ1) is 14.5. The molecule has 1 aromatic heterocycles. The van der Waals surface area contributed by atoms with E-state index in [1.165, 1.54) is 19.4 Å². The maximum Gasteiger partial charge on any atom is 0.360 e. The molecule has 2 N–H and O–H groups in total. The van der Waals surface area contributed by atoms with Crippen LogP contribution in [0.4, 0.5) is 11.4 Å². The highest BCUT2D eigenvalue weighted by atomic mass is 16.6. The number of benzene rings is 1. The van der Waals surface area contributed by atoms with Gasteiger partial charge in [-0.25, -0.2) is 9.48 Å². The van der Waals surface area contributed by atoms with Gasteiger partial charge in [0, 0.05) is 19.0 Å². The van der Waals surface area contributed by atoms with Crippen LogP contribution in [0.25, 0.3) is 0 Å². The second kappa shape index (κ2) is 9.81. The molecule has 11 heteroatoms. The fourth-order valence-corrected chi connectivity index (χ4v) is 3.61. The van der Waals surface area contributed by atoms with E-state index in [9.17, 15) is 19.7 Å². The summed E-state index contributed by atoms with van der Waals surface area (Å²) in [7, 11) is 1.28. The normalized spacial score (nSPS) is 18.4. The maximum absolute atomic E-state index is 12.5. The summed E-state index contributed by atoms with van der Waals surface area (Å²) < 4.78 is 6.27. The number of methoxy groups -OCH3 is 1. The third kappa shape index (κ3) is 5.10. The molecule has 0 unspecified atom stereocenters. The van der Waals surface area contributed by atoms with Crippen LogP contribution in [-0.2, 0) is 9.53 Å². The highest BCUT2D eigenvalue weighted by Crippen LogP contribution is 2.28. The van der Waals surface area contributed by atoms with Gasteiger partial charge in [-0.1, -0.05) is 30.2 Å². The van der Waals surface area contributed by atoms with Crippen LogP contribution in [0.2, 0.25) is 0 Å². The smallest absolute Gasteiger partial charge is 0.360 e. The summed E-state index contributed by atoms with van der Waals surface area (Å²) in [6.07, 6.45) is 5.28. The fraction of sp³-hybridized carbons (Fsp3) is 0.474. The zero-order chi connectivity index (χ0) is 21.5. The van der Waals surface area contributed by atoms with E-state index >= 15 is 0 Å². The average Bonchev–Trinajstić information content (AvgIpc) is 3.24. The monoisotopic (exact) mass is 416 g/mol. The number of nitrogens with zero attached hydrogens (tertiary/aromatic N) is 4. The molecule has 0 bridgehead atoms. The van der Waals surface area contributed by atoms with Crippen LogP contribution in [0.1, 0.15) is 48.6 Å². The number of amides is 1. The number of aromatic nitrogens is 3. The molecule has 2 atom stereocenters. The van der Waals surface area contributed by atoms with Crippen molar-refractivity contribution < 1.29 is 19.2 Å². The van der Waals surface area contributed by atoms with Gasteiger partial charge in [0.15, 0.2) is 5.69 Å². The number of carbonyl (C=O) groups excluding carboxylic acids is 2. The molecule has 1 amide bonds. The van der Waals surface area contributed by atoms with Gasteiger partial charge in [-0.05, 0) is 18.9 Å². The number of nitro benzene ring substituents is 1. The number of hydrogen-bond donors (Lipinski definition) is 2. The molecule has 1 aromatic carbocycles. The Morgan fingerprint density at radius 3 is 2.83 bits per heavy atom. The molecule has 0 spiro atoms. The van der Waals surface area contributed by atoms with Crippen molar-refractivity contribution >= 4 is 23.3 Å². The number of hydrogen-bond acceptors (Lipinski definition) is 8. The van der Waals surface area contributed by atoms with Crippen molar-refractivity contribution in [2.75, 3.05) is 19.0 Å². The summed E-state index contributed by atoms with van der Waals surface area (Å²) in [5.41, 5.74) is 0.475. The zero-order valence-electron chi connectivity index (χ0n) is 16.6. The van der Waals surface area contributed by atoms with Gasteiger partial charge in [0.25, 0.3) is 5.69 Å². The van der Waals surface area contributed by atoms with Gasteiger partial charge in [0.1, 0.15) is 5.69 Å². The third-order valence-electron chi connectivity index (χ3n) is 5.09. The molecular formula is C19H24N6O5. The zero-order valence-corrected chi connectivity index (χ0v) is 16.6. The molecule has 1 aliphatic carbocycles. The first-order valence-electron chi connectivity index (χ1n) is 9.76. The number of carbonyl (C=O) groups is 2. The Balaban J connectivity index is 1.56. The molecule has 11 nitrogen and oxygen atoms in total. The summed E-state index contributed by atoms with van der Waals surface area (Å²) in [5.74, 6) is -0.718. The Labute approximate surface area is 172 Å². The molecule has 1 saturated carbocycles. The van der Waals surface area contributed by atoms with E-state index in [0.717, 1.165) is 25.7 Å². The number of nitro groups is 1. The number of rotatable bonds is 8. The number of nitrogens with one attached hydrogen (secondary N) is 2. The Morgan fingerprint density at radius 1 is 1.30 bits per heavy atom. The van der Waals surface area contributed by atoms with Gasteiger partial charge in [0.2, 0.25) is 5.91 Å². The quantitative estimate of drug-likeness (QED) is 0.378. The van der Waals surface area contributed by atoms with E-state index < -0.39 is 10.9 Å². The van der Waals surface area contributed by atoms with E-state index in [2.05, 4.69) is 25.7 Å². The van der Waals surface area contributed by atoms with Crippen molar-refractivity contribution in [3.63, 3.8) is 0 Å². The van der Waals surface area contributed by atoms with Crippen LogP contribution in [0.15, 0.2) is 30.5 Å². The first kappa shape index (κ1) is 21.2. The van der Waals surface area contributed by atoms with E-state index in [1.54, 1.807) is 22.9 Å². The molecule has 30 heavy (non-hydrogen) atoms. The summed E-state index contributed by atoms with van der Waals surface area (Å²) in [6, 6.07) is 6.07. The summed E-state index contributed by atoms with van der Waals surface area (Å²) in [6.45, 7) is 0.268. The SMILES string of the molecule is COC(=O)c1cn([C@@H]2CCCC[C@@H]2NC(=O)CCNc2ccccc2[N+](=O)[O-])nn1. The average molecular weight is 416 g/mol. The van der Waals surface area contributed by atoms with Crippen LogP contribution in [0, 0.1) is 10.1 Å². The Morgan fingerprint density at radius 2 is 2.07 bits per heavy atom. The van der Waals surface area contributed by atoms with Crippen molar-refractivity contribution in [2.45, 2.75) is 44.2 Å². The van der Waals surface area contributed by atoms with Crippen molar-refractivity contribution in [2.24, 2.45) is 0 Å². The molecule has 0 saturated heterocycles. The van der Waals surface area contributed by atoms with Crippen LogP contribution < -0.4 is 10.6 Å². The summed E-state index contributed by atoms with van der Waals surface area (Å²) in [4.78, 5) is 34.7. The van der Waals surface area contributed by atoms with E-state index in [-0.39, 0.29) is 42.3 Å². The second-order valence-corrected chi connectivity index (χ2v) is 7.05. The standard InChI is InChI=1S/C19H24N6O5/c1-30-19(27)15-12-24(23-22-15)16-8-4-3-7-14(16)21-18(26)10-11-20-13-6-2-5-9-17(13)25(28)29/h2,5-6,9,12,14,16,20H,3-4,7-8,10-11H2,1H3,(H,21,26)/t14-,16+/m0/s1. The van der Waals surface area contributed by atoms with Crippen molar-refractivity contribution in [1.82, 2.24) is 20.3 Å².